The first-order valence-corrected chi connectivity index (χ1v) is 8.63. The van der Waals surface area contributed by atoms with Crippen molar-refractivity contribution in [2.75, 3.05) is 18.9 Å². The van der Waals surface area contributed by atoms with E-state index in [4.69, 9.17) is 0 Å². The van der Waals surface area contributed by atoms with Crippen LogP contribution in [0.5, 0.6) is 0 Å². The highest BCUT2D eigenvalue weighted by atomic mass is 32.2. The summed E-state index contributed by atoms with van der Waals surface area (Å²) in [6.45, 7) is 3.70. The number of carbonyl (C=O) groups is 1. The molecule has 0 heterocycles. The van der Waals surface area contributed by atoms with Gasteiger partial charge in [-0.05, 0) is 49.2 Å². The Morgan fingerprint density at radius 2 is 1.70 bits per heavy atom. The number of hydrogen-bond donors (Lipinski definition) is 1. The largest absolute Gasteiger partial charge is 0.325 e. The third-order valence-electron chi connectivity index (χ3n) is 3.61. The molecule has 0 aromatic heterocycles. The molecule has 0 unspecified atom stereocenters. The fraction of sp³-hybridized carbons (Fsp3) is 0.235. The Morgan fingerprint density at radius 1 is 1.04 bits per heavy atom. The van der Waals surface area contributed by atoms with Gasteiger partial charge in [0.05, 0.1) is 11.4 Å². The number of rotatable bonds is 5. The van der Waals surface area contributed by atoms with Crippen LogP contribution in [-0.2, 0) is 14.8 Å². The molecule has 0 fully saturated rings. The highest BCUT2D eigenvalue weighted by Gasteiger charge is 2.22. The molecule has 2 aromatic rings. The third-order valence-corrected chi connectivity index (χ3v) is 5.43. The minimum absolute atomic E-state index is 0.168. The van der Waals surface area contributed by atoms with E-state index in [1.54, 1.807) is 24.3 Å². The first-order chi connectivity index (χ1) is 10.8. The van der Waals surface area contributed by atoms with Crippen LogP contribution in [0.4, 0.5) is 5.69 Å². The number of aryl methyl sites for hydroxylation is 2. The minimum atomic E-state index is -3.67. The quantitative estimate of drug-likeness (QED) is 0.915. The lowest BCUT2D eigenvalue weighted by molar-refractivity contribution is -0.116. The van der Waals surface area contributed by atoms with Gasteiger partial charge in [0.15, 0.2) is 0 Å². The number of benzene rings is 2. The Balaban J connectivity index is 2.06. The summed E-state index contributed by atoms with van der Waals surface area (Å²) >= 11 is 0. The Hall–Kier alpha value is -2.18. The summed E-state index contributed by atoms with van der Waals surface area (Å²) in [5, 5.41) is 2.72. The van der Waals surface area contributed by atoms with Crippen LogP contribution in [0, 0.1) is 13.8 Å². The number of nitrogens with zero attached hydrogens (tertiary/aromatic N) is 1. The molecule has 23 heavy (non-hydrogen) atoms. The van der Waals surface area contributed by atoms with Crippen LogP contribution in [-0.4, -0.2) is 32.2 Å². The second kappa shape index (κ2) is 6.93. The van der Waals surface area contributed by atoms with Crippen molar-refractivity contribution in [1.82, 2.24) is 4.31 Å². The Bertz CT molecular complexity index is 802. The highest BCUT2D eigenvalue weighted by molar-refractivity contribution is 7.89. The molecule has 0 bridgehead atoms. The summed E-state index contributed by atoms with van der Waals surface area (Å²) in [5.74, 6) is -0.379. The lowest BCUT2D eigenvalue weighted by Gasteiger charge is -2.17. The minimum Gasteiger partial charge on any atom is -0.325 e. The zero-order valence-electron chi connectivity index (χ0n) is 13.4. The maximum absolute atomic E-state index is 12.4. The second-order valence-electron chi connectivity index (χ2n) is 5.42. The van der Waals surface area contributed by atoms with Crippen molar-refractivity contribution < 1.29 is 13.2 Å². The maximum atomic E-state index is 12.4. The Kier molecular flexibility index (Phi) is 5.18. The van der Waals surface area contributed by atoms with Gasteiger partial charge in [0.25, 0.3) is 0 Å². The van der Waals surface area contributed by atoms with Gasteiger partial charge in [-0.1, -0.05) is 24.3 Å². The van der Waals surface area contributed by atoms with Crippen LogP contribution in [0.3, 0.4) is 0 Å². The summed E-state index contributed by atoms with van der Waals surface area (Å²) in [6, 6.07) is 13.6. The van der Waals surface area contributed by atoms with E-state index in [0.29, 0.717) is 5.69 Å². The molecular formula is C17H20N2O3S. The topological polar surface area (TPSA) is 66.5 Å². The molecule has 0 saturated carbocycles. The van der Waals surface area contributed by atoms with Crippen LogP contribution < -0.4 is 5.32 Å². The second-order valence-corrected chi connectivity index (χ2v) is 7.47. The van der Waals surface area contributed by atoms with Crippen molar-refractivity contribution in [1.29, 1.82) is 0 Å². The first-order valence-electron chi connectivity index (χ1n) is 7.19. The molecule has 0 aliphatic rings. The molecule has 0 spiro atoms. The average molecular weight is 332 g/mol. The van der Waals surface area contributed by atoms with Crippen molar-refractivity contribution in [2.24, 2.45) is 0 Å². The van der Waals surface area contributed by atoms with Gasteiger partial charge in [-0.2, -0.15) is 4.31 Å². The fourth-order valence-electron chi connectivity index (χ4n) is 2.08. The maximum Gasteiger partial charge on any atom is 0.243 e. The SMILES string of the molecule is Cc1ccc(NC(=O)CN(C)S(=O)(=O)c2ccccc2)cc1C. The number of hydrogen-bond acceptors (Lipinski definition) is 3. The van der Waals surface area contributed by atoms with Crippen LogP contribution in [0.25, 0.3) is 0 Å². The van der Waals surface area contributed by atoms with Crippen molar-refractivity contribution in [3.8, 4) is 0 Å². The van der Waals surface area contributed by atoms with Crippen LogP contribution in [0.1, 0.15) is 11.1 Å². The molecule has 5 nitrogen and oxygen atoms in total. The zero-order chi connectivity index (χ0) is 17.0. The van der Waals surface area contributed by atoms with Gasteiger partial charge in [0.1, 0.15) is 0 Å². The summed E-state index contributed by atoms with van der Waals surface area (Å²) in [5.41, 5.74) is 2.85. The molecule has 6 heteroatoms. The normalized spacial score (nSPS) is 11.5. The molecule has 0 radical (unpaired) electrons. The molecule has 1 amide bonds. The van der Waals surface area contributed by atoms with Gasteiger partial charge in [-0.3, -0.25) is 4.79 Å². The van der Waals surface area contributed by atoms with E-state index in [1.807, 2.05) is 26.0 Å². The van der Waals surface area contributed by atoms with Gasteiger partial charge in [0, 0.05) is 12.7 Å². The lowest BCUT2D eigenvalue weighted by Crippen LogP contribution is -2.34. The molecule has 0 aliphatic heterocycles. The fourth-order valence-corrected chi connectivity index (χ4v) is 3.23. The molecule has 122 valence electrons. The average Bonchev–Trinajstić information content (AvgIpc) is 2.51. The van der Waals surface area contributed by atoms with E-state index in [2.05, 4.69) is 5.32 Å². The van der Waals surface area contributed by atoms with Crippen molar-refractivity contribution in [2.45, 2.75) is 18.7 Å². The number of amides is 1. The Morgan fingerprint density at radius 3 is 2.30 bits per heavy atom. The molecule has 1 N–H and O–H groups in total. The van der Waals surface area contributed by atoms with Crippen LogP contribution in [0.2, 0.25) is 0 Å². The standard InChI is InChI=1S/C17H20N2O3S/c1-13-9-10-15(11-14(13)2)18-17(20)12-19(3)23(21,22)16-7-5-4-6-8-16/h4-11H,12H2,1-3H3,(H,18,20). The van der Waals surface area contributed by atoms with Crippen molar-refractivity contribution in [3.05, 3.63) is 59.7 Å². The summed E-state index contributed by atoms with van der Waals surface area (Å²) in [7, 11) is -2.28. The van der Waals surface area contributed by atoms with E-state index in [1.165, 1.54) is 19.2 Å². The number of anilines is 1. The predicted octanol–water partition coefficient (Wildman–Crippen LogP) is 2.56. The van der Waals surface area contributed by atoms with E-state index in [-0.39, 0.29) is 17.3 Å². The Labute approximate surface area is 137 Å². The summed E-state index contributed by atoms with van der Waals surface area (Å²) in [6.07, 6.45) is 0. The number of sulfonamides is 1. The van der Waals surface area contributed by atoms with Gasteiger partial charge >= 0.3 is 0 Å². The molecule has 0 aliphatic carbocycles. The van der Waals surface area contributed by atoms with Crippen molar-refractivity contribution in [3.63, 3.8) is 0 Å². The zero-order valence-corrected chi connectivity index (χ0v) is 14.2. The van der Waals surface area contributed by atoms with Crippen LogP contribution in [0.15, 0.2) is 53.4 Å². The molecule has 2 rings (SSSR count). The molecule has 0 atom stereocenters. The van der Waals surface area contributed by atoms with Crippen LogP contribution >= 0.6 is 0 Å². The predicted molar refractivity (Wildman–Crippen MR) is 90.8 cm³/mol. The molecular weight excluding hydrogens is 312 g/mol. The smallest absolute Gasteiger partial charge is 0.243 e. The summed E-state index contributed by atoms with van der Waals surface area (Å²) in [4.78, 5) is 12.2. The van der Waals surface area contributed by atoms with E-state index in [9.17, 15) is 13.2 Å². The van der Waals surface area contributed by atoms with Gasteiger partial charge in [-0.15, -0.1) is 0 Å². The molecule has 2 aromatic carbocycles. The van der Waals surface area contributed by atoms with E-state index < -0.39 is 10.0 Å². The first kappa shape index (κ1) is 17.2. The van der Waals surface area contributed by atoms with Gasteiger partial charge in [0.2, 0.25) is 15.9 Å². The van der Waals surface area contributed by atoms with Gasteiger partial charge in [-0.25, -0.2) is 8.42 Å². The summed E-state index contributed by atoms with van der Waals surface area (Å²) < 4.78 is 25.8. The van der Waals surface area contributed by atoms with Crippen molar-refractivity contribution >= 4 is 21.6 Å². The van der Waals surface area contributed by atoms with E-state index in [0.717, 1.165) is 15.4 Å². The number of carbonyl (C=O) groups excluding carboxylic acids is 1. The highest BCUT2D eigenvalue weighted by Crippen LogP contribution is 2.15. The number of likely N-dealkylation sites (N-methyl/N-ethyl adjacent to an activating group) is 1. The monoisotopic (exact) mass is 332 g/mol. The molecule has 0 saturated heterocycles. The van der Waals surface area contributed by atoms with Gasteiger partial charge < -0.3 is 5.32 Å². The number of nitrogens with one attached hydrogen (secondary N) is 1. The van der Waals surface area contributed by atoms with E-state index >= 15 is 0 Å². The lowest BCUT2D eigenvalue weighted by atomic mass is 10.1. The third kappa shape index (κ3) is 4.18.